The van der Waals surface area contributed by atoms with Gasteiger partial charge in [-0.05, 0) is 24.3 Å². The summed E-state index contributed by atoms with van der Waals surface area (Å²) < 4.78 is 11.9. The van der Waals surface area contributed by atoms with Gasteiger partial charge in [0.05, 0.1) is 11.4 Å². The van der Waals surface area contributed by atoms with Gasteiger partial charge in [-0.1, -0.05) is 35.4 Å². The van der Waals surface area contributed by atoms with Crippen molar-refractivity contribution in [1.82, 2.24) is 14.8 Å². The molecular formula is C21H17N5O5. The fourth-order valence-electron chi connectivity index (χ4n) is 3.65. The highest BCUT2D eigenvalue weighted by molar-refractivity contribution is 5.96. The van der Waals surface area contributed by atoms with Crippen molar-refractivity contribution in [3.63, 3.8) is 0 Å². The molecular weight excluding hydrogens is 402 g/mol. The summed E-state index contributed by atoms with van der Waals surface area (Å²) in [6, 6.07) is 16.1. The van der Waals surface area contributed by atoms with E-state index in [1.54, 1.807) is 29.2 Å². The van der Waals surface area contributed by atoms with E-state index >= 15 is 0 Å². The second-order valence-corrected chi connectivity index (χ2v) is 7.16. The number of aromatic nitrogens is 3. The summed E-state index contributed by atoms with van der Waals surface area (Å²) in [5.74, 6) is -1.18. The molecule has 0 spiro atoms. The number of carbonyl (C=O) groups excluding carboxylic acids is 2. The van der Waals surface area contributed by atoms with Crippen LogP contribution in [0.3, 0.4) is 0 Å². The van der Waals surface area contributed by atoms with Gasteiger partial charge in [0.1, 0.15) is 6.54 Å². The molecule has 2 aromatic heterocycles. The molecule has 1 saturated heterocycles. The summed E-state index contributed by atoms with van der Waals surface area (Å²) in [7, 11) is 0. The minimum atomic E-state index is -0.631. The van der Waals surface area contributed by atoms with E-state index in [0.29, 0.717) is 17.6 Å². The maximum absolute atomic E-state index is 12.4. The number of rotatable bonds is 5. The highest BCUT2D eigenvalue weighted by Crippen LogP contribution is 2.31. The third kappa shape index (κ3) is 3.59. The molecule has 1 unspecified atom stereocenters. The Kier molecular flexibility index (Phi) is 4.58. The Hall–Kier alpha value is -4.21. The van der Waals surface area contributed by atoms with E-state index < -0.39 is 11.7 Å². The lowest BCUT2D eigenvalue weighted by atomic mass is 10.1. The van der Waals surface area contributed by atoms with E-state index in [4.69, 9.17) is 8.83 Å². The SMILES string of the molecule is O=C(Cn1c(=O)oc2ccccc21)Nc1nnc(C2CC(=O)N(c3ccccc3)C2)o1. The third-order valence-corrected chi connectivity index (χ3v) is 5.10. The molecule has 5 rings (SSSR count). The molecule has 3 heterocycles. The Balaban J connectivity index is 1.27. The van der Waals surface area contributed by atoms with Crippen LogP contribution in [0.25, 0.3) is 11.1 Å². The zero-order chi connectivity index (χ0) is 21.4. The molecule has 1 aliphatic rings. The smallest absolute Gasteiger partial charge is 0.408 e. The molecule has 2 amide bonds. The van der Waals surface area contributed by atoms with Crippen molar-refractivity contribution < 1.29 is 18.4 Å². The maximum Gasteiger partial charge on any atom is 0.420 e. The summed E-state index contributed by atoms with van der Waals surface area (Å²) in [5, 5.41) is 10.3. The minimum Gasteiger partial charge on any atom is -0.408 e. The van der Waals surface area contributed by atoms with E-state index in [0.717, 1.165) is 5.69 Å². The van der Waals surface area contributed by atoms with Crippen molar-refractivity contribution in [2.24, 2.45) is 0 Å². The van der Waals surface area contributed by atoms with Crippen molar-refractivity contribution in [2.45, 2.75) is 18.9 Å². The van der Waals surface area contributed by atoms with Gasteiger partial charge in [-0.2, -0.15) is 0 Å². The lowest BCUT2D eigenvalue weighted by Gasteiger charge is -2.15. The van der Waals surface area contributed by atoms with Crippen LogP contribution in [-0.4, -0.2) is 33.1 Å². The zero-order valence-corrected chi connectivity index (χ0v) is 16.2. The first-order chi connectivity index (χ1) is 15.1. The molecule has 1 fully saturated rings. The minimum absolute atomic E-state index is 0.0359. The van der Waals surface area contributed by atoms with Gasteiger partial charge in [0.15, 0.2) is 5.58 Å². The first-order valence-corrected chi connectivity index (χ1v) is 9.65. The normalized spacial score (nSPS) is 16.2. The number of oxazole rings is 1. The van der Waals surface area contributed by atoms with E-state index in [2.05, 4.69) is 15.5 Å². The van der Waals surface area contributed by atoms with Gasteiger partial charge in [0.2, 0.25) is 17.7 Å². The fourth-order valence-corrected chi connectivity index (χ4v) is 3.65. The highest BCUT2D eigenvalue weighted by atomic mass is 16.4. The number of fused-ring (bicyclic) bond motifs is 1. The topological polar surface area (TPSA) is 123 Å². The molecule has 10 nitrogen and oxygen atoms in total. The average Bonchev–Trinajstić information content (AvgIpc) is 3.47. The predicted octanol–water partition coefficient (Wildman–Crippen LogP) is 2.14. The summed E-state index contributed by atoms with van der Waals surface area (Å²) in [5.41, 5.74) is 1.72. The predicted molar refractivity (Wildman–Crippen MR) is 110 cm³/mol. The Morgan fingerprint density at radius 2 is 1.81 bits per heavy atom. The molecule has 1 atom stereocenters. The van der Waals surface area contributed by atoms with Gasteiger partial charge in [0, 0.05) is 18.7 Å². The third-order valence-electron chi connectivity index (χ3n) is 5.10. The Bertz CT molecular complexity index is 1320. The Morgan fingerprint density at radius 1 is 1.03 bits per heavy atom. The number of nitrogens with one attached hydrogen (secondary N) is 1. The molecule has 4 aromatic rings. The Labute approximate surface area is 175 Å². The van der Waals surface area contributed by atoms with Gasteiger partial charge in [-0.3, -0.25) is 19.5 Å². The maximum atomic E-state index is 12.4. The highest BCUT2D eigenvalue weighted by Gasteiger charge is 2.35. The number of hydrogen-bond donors (Lipinski definition) is 1. The summed E-state index contributed by atoms with van der Waals surface area (Å²) in [6.07, 6.45) is 0.237. The van der Waals surface area contributed by atoms with E-state index in [9.17, 15) is 14.4 Å². The first kappa shape index (κ1) is 18.8. The number of benzene rings is 2. The van der Waals surface area contributed by atoms with Crippen LogP contribution in [0.5, 0.6) is 0 Å². The summed E-state index contributed by atoms with van der Waals surface area (Å²) >= 11 is 0. The van der Waals surface area contributed by atoms with Crippen LogP contribution < -0.4 is 16.0 Å². The molecule has 0 radical (unpaired) electrons. The largest absolute Gasteiger partial charge is 0.420 e. The summed E-state index contributed by atoms with van der Waals surface area (Å²) in [4.78, 5) is 38.5. The van der Waals surface area contributed by atoms with Crippen LogP contribution >= 0.6 is 0 Å². The number of amides is 2. The molecule has 0 saturated carbocycles. The number of carbonyl (C=O) groups is 2. The number of nitrogens with zero attached hydrogens (tertiary/aromatic N) is 4. The van der Waals surface area contributed by atoms with Crippen LogP contribution in [-0.2, 0) is 16.1 Å². The van der Waals surface area contributed by atoms with E-state index in [1.807, 2.05) is 30.3 Å². The van der Waals surface area contributed by atoms with Crippen molar-refractivity contribution in [2.75, 3.05) is 16.8 Å². The van der Waals surface area contributed by atoms with Gasteiger partial charge >= 0.3 is 11.8 Å². The van der Waals surface area contributed by atoms with Crippen LogP contribution in [0.15, 0.2) is 68.2 Å². The summed E-state index contributed by atoms with van der Waals surface area (Å²) in [6.45, 7) is 0.145. The van der Waals surface area contributed by atoms with Crippen molar-refractivity contribution in [3.05, 3.63) is 71.0 Å². The van der Waals surface area contributed by atoms with Crippen LogP contribution in [0.1, 0.15) is 18.2 Å². The standard InChI is InChI=1S/C21H17N5O5/c27-17(12-26-15-8-4-5-9-16(15)30-21(26)29)22-20-24-23-19(31-20)13-10-18(28)25(11-13)14-6-2-1-3-7-14/h1-9,13H,10-12H2,(H,22,24,27). The molecule has 156 valence electrons. The van der Waals surface area contributed by atoms with Gasteiger partial charge < -0.3 is 13.7 Å². The molecule has 0 bridgehead atoms. The van der Waals surface area contributed by atoms with Gasteiger partial charge in [-0.25, -0.2) is 4.79 Å². The van der Waals surface area contributed by atoms with E-state index in [1.165, 1.54) is 4.57 Å². The number of hydrogen-bond acceptors (Lipinski definition) is 7. The second kappa shape index (κ2) is 7.56. The molecule has 0 aliphatic carbocycles. The van der Waals surface area contributed by atoms with Crippen LogP contribution in [0.2, 0.25) is 0 Å². The fraction of sp³-hybridized carbons (Fsp3) is 0.190. The monoisotopic (exact) mass is 419 g/mol. The van der Waals surface area contributed by atoms with Crippen LogP contribution in [0.4, 0.5) is 11.7 Å². The van der Waals surface area contributed by atoms with E-state index in [-0.39, 0.29) is 36.7 Å². The van der Waals surface area contributed by atoms with Crippen molar-refractivity contribution in [3.8, 4) is 0 Å². The molecule has 31 heavy (non-hydrogen) atoms. The average molecular weight is 419 g/mol. The van der Waals surface area contributed by atoms with Crippen molar-refractivity contribution >= 4 is 34.6 Å². The molecule has 1 aliphatic heterocycles. The lowest BCUT2D eigenvalue weighted by Crippen LogP contribution is -2.24. The molecule has 1 N–H and O–H groups in total. The zero-order valence-electron chi connectivity index (χ0n) is 16.2. The second-order valence-electron chi connectivity index (χ2n) is 7.16. The lowest BCUT2D eigenvalue weighted by molar-refractivity contribution is -0.117. The van der Waals surface area contributed by atoms with Crippen molar-refractivity contribution in [1.29, 1.82) is 0 Å². The number of anilines is 2. The first-order valence-electron chi connectivity index (χ1n) is 9.65. The molecule has 2 aromatic carbocycles. The van der Waals surface area contributed by atoms with Gasteiger partial charge in [-0.15, -0.1) is 5.10 Å². The quantitative estimate of drug-likeness (QED) is 0.526. The van der Waals surface area contributed by atoms with Crippen LogP contribution in [0, 0.1) is 0 Å². The molecule has 10 heteroatoms. The Morgan fingerprint density at radius 3 is 2.65 bits per heavy atom. The van der Waals surface area contributed by atoms with Gasteiger partial charge in [0.25, 0.3) is 0 Å². The number of para-hydroxylation sites is 3.